The summed E-state index contributed by atoms with van der Waals surface area (Å²) in [5.41, 5.74) is 0.277. The lowest BCUT2D eigenvalue weighted by Crippen LogP contribution is -2.60. The Morgan fingerprint density at radius 3 is 2.27 bits per heavy atom. The Balaban J connectivity index is 1.98. The van der Waals surface area contributed by atoms with E-state index >= 15 is 0 Å². The predicted molar refractivity (Wildman–Crippen MR) is 122 cm³/mol. The van der Waals surface area contributed by atoms with Crippen molar-refractivity contribution in [3.8, 4) is 5.88 Å². The molecule has 1 saturated heterocycles. The summed E-state index contributed by atoms with van der Waals surface area (Å²) in [7, 11) is 1.06. The van der Waals surface area contributed by atoms with Gasteiger partial charge in [-0.15, -0.1) is 5.10 Å². The van der Waals surface area contributed by atoms with Gasteiger partial charge in [-0.3, -0.25) is 4.68 Å². The van der Waals surface area contributed by atoms with E-state index in [1.807, 2.05) is 19.1 Å². The van der Waals surface area contributed by atoms with Crippen LogP contribution in [-0.2, 0) is 33.2 Å². The zero-order valence-electron chi connectivity index (χ0n) is 20.8. The Kier molecular flexibility index (Phi) is 9.05. The van der Waals surface area contributed by atoms with Gasteiger partial charge in [0, 0.05) is 12.5 Å². The highest BCUT2D eigenvalue weighted by Crippen LogP contribution is 2.40. The molecule has 0 bridgehead atoms. The molecule has 5 atom stereocenters. The first kappa shape index (κ1) is 28.7. The second kappa shape index (κ2) is 11.7. The number of rotatable bonds is 8. The molecule has 10 nitrogen and oxygen atoms in total. The highest BCUT2D eigenvalue weighted by molar-refractivity contribution is 5.59. The highest BCUT2D eigenvalue weighted by Gasteiger charge is 2.47. The molecule has 0 radical (unpaired) electrons. The van der Waals surface area contributed by atoms with Crippen LogP contribution in [0, 0.1) is 0 Å². The van der Waals surface area contributed by atoms with E-state index in [0.29, 0.717) is 5.56 Å². The molecule has 1 aromatic heterocycles. The maximum Gasteiger partial charge on any atom is 0.508 e. The van der Waals surface area contributed by atoms with Crippen molar-refractivity contribution in [1.82, 2.24) is 9.78 Å². The van der Waals surface area contributed by atoms with E-state index in [1.54, 1.807) is 12.1 Å². The van der Waals surface area contributed by atoms with Crippen molar-refractivity contribution < 1.29 is 52.2 Å². The number of carbonyl (C=O) groups is 1. The second-order valence-electron chi connectivity index (χ2n) is 8.91. The van der Waals surface area contributed by atoms with Crippen LogP contribution in [0.5, 0.6) is 5.88 Å². The molecule has 0 saturated carbocycles. The summed E-state index contributed by atoms with van der Waals surface area (Å²) in [6.07, 6.45) is -13.8. The smallest absolute Gasteiger partial charge is 0.443 e. The predicted octanol–water partition coefficient (Wildman–Crippen LogP) is 2.61. The average molecular weight is 533 g/mol. The summed E-state index contributed by atoms with van der Waals surface area (Å²) in [5, 5.41) is 35.0. The molecule has 0 spiro atoms. The van der Waals surface area contributed by atoms with E-state index in [0.717, 1.165) is 23.8 Å². The fraction of sp³-hybridized carbons (Fsp3) is 0.583. The van der Waals surface area contributed by atoms with Crippen molar-refractivity contribution in [1.29, 1.82) is 0 Å². The second-order valence-corrected chi connectivity index (χ2v) is 8.91. The van der Waals surface area contributed by atoms with Crippen LogP contribution < -0.4 is 4.74 Å². The van der Waals surface area contributed by atoms with Crippen LogP contribution in [0.3, 0.4) is 0 Å². The first-order chi connectivity index (χ1) is 17.4. The van der Waals surface area contributed by atoms with Crippen LogP contribution in [0.4, 0.5) is 18.0 Å². The third-order valence-electron chi connectivity index (χ3n) is 5.97. The van der Waals surface area contributed by atoms with Gasteiger partial charge in [-0.05, 0) is 31.4 Å². The minimum Gasteiger partial charge on any atom is -0.443 e. The number of aliphatic hydroxyl groups is 3. The molecule has 1 fully saturated rings. The van der Waals surface area contributed by atoms with Gasteiger partial charge in [0.2, 0.25) is 12.2 Å². The lowest BCUT2D eigenvalue weighted by molar-refractivity contribution is -0.278. The minimum absolute atomic E-state index is 0.191. The summed E-state index contributed by atoms with van der Waals surface area (Å²) >= 11 is 0. The lowest BCUT2D eigenvalue weighted by atomic mass is 9.99. The van der Waals surface area contributed by atoms with Crippen LogP contribution >= 0.6 is 0 Å². The van der Waals surface area contributed by atoms with Gasteiger partial charge in [-0.1, -0.05) is 31.2 Å². The standard InChI is InChI=1S/C24H31F3N2O8/c1-5-13-6-8-14(9-7-13)10-15-20(24(25,26)27)29(12(2)3)28-21(15)37-22-19(32)18(31)17(30)16(36-22)11-35-23(33)34-4/h6-9,12,16-19,22,30-32H,5,10-11H2,1-4H3/t16-,17-,18+,19-,22+/m1/s1. The van der Waals surface area contributed by atoms with Crippen LogP contribution in [0.1, 0.15) is 49.2 Å². The van der Waals surface area contributed by atoms with E-state index in [2.05, 4.69) is 9.84 Å². The SMILES string of the molecule is CCc1ccc(Cc2c(O[C@@H]3O[C@H](COC(=O)OC)[C@@H](O)[C@H](O)[C@H]3O)nn(C(C)C)c2C(F)(F)F)cc1. The Bertz CT molecular complexity index is 1060. The number of methoxy groups -OCH3 is 1. The first-order valence-corrected chi connectivity index (χ1v) is 11.7. The molecule has 1 aliphatic rings. The maximum absolute atomic E-state index is 14.2. The third-order valence-corrected chi connectivity index (χ3v) is 5.97. The van der Waals surface area contributed by atoms with E-state index in [1.165, 1.54) is 13.8 Å². The van der Waals surface area contributed by atoms with Crippen molar-refractivity contribution in [3.63, 3.8) is 0 Å². The van der Waals surface area contributed by atoms with E-state index < -0.39 is 67.3 Å². The Labute approximate surface area is 211 Å². The number of aryl methyl sites for hydroxylation is 1. The van der Waals surface area contributed by atoms with Gasteiger partial charge in [-0.25, -0.2) is 4.79 Å². The average Bonchev–Trinajstić information content (AvgIpc) is 3.22. The van der Waals surface area contributed by atoms with E-state index in [4.69, 9.17) is 14.2 Å². The van der Waals surface area contributed by atoms with E-state index in [9.17, 15) is 33.3 Å². The van der Waals surface area contributed by atoms with Crippen LogP contribution in [-0.4, -0.2) is 75.7 Å². The maximum atomic E-state index is 14.2. The summed E-state index contributed by atoms with van der Waals surface area (Å²) in [6, 6.07) is 6.35. The number of ether oxygens (including phenoxy) is 4. The van der Waals surface area contributed by atoms with Gasteiger partial charge in [0.25, 0.3) is 0 Å². The van der Waals surface area contributed by atoms with Gasteiger partial charge in [0.15, 0.2) is 0 Å². The first-order valence-electron chi connectivity index (χ1n) is 11.7. The molecule has 2 aromatic rings. The third kappa shape index (κ3) is 6.53. The number of nitrogens with zero attached hydrogens (tertiary/aromatic N) is 2. The van der Waals surface area contributed by atoms with Crippen molar-refractivity contribution >= 4 is 6.16 Å². The Hall–Kier alpha value is -2.87. The Morgan fingerprint density at radius 2 is 1.73 bits per heavy atom. The fourth-order valence-corrected chi connectivity index (χ4v) is 3.94. The topological polar surface area (TPSA) is 133 Å². The van der Waals surface area contributed by atoms with Gasteiger partial charge < -0.3 is 34.3 Å². The molecule has 3 rings (SSSR count). The fourth-order valence-electron chi connectivity index (χ4n) is 3.94. The van der Waals surface area contributed by atoms with Gasteiger partial charge in [0.05, 0.1) is 12.7 Å². The number of aromatic nitrogens is 2. The molecule has 2 heterocycles. The summed E-state index contributed by atoms with van der Waals surface area (Å²) < 4.78 is 63.6. The van der Waals surface area contributed by atoms with Crippen LogP contribution in [0.2, 0.25) is 0 Å². The number of halogens is 3. The summed E-state index contributed by atoms with van der Waals surface area (Å²) in [4.78, 5) is 11.3. The molecule has 13 heteroatoms. The highest BCUT2D eigenvalue weighted by atomic mass is 19.4. The zero-order valence-corrected chi connectivity index (χ0v) is 20.8. The minimum atomic E-state index is -4.78. The van der Waals surface area contributed by atoms with Crippen molar-refractivity contribution in [3.05, 3.63) is 46.6 Å². The monoisotopic (exact) mass is 532 g/mol. The van der Waals surface area contributed by atoms with Gasteiger partial charge in [0.1, 0.15) is 36.7 Å². The summed E-state index contributed by atoms with van der Waals surface area (Å²) in [6.45, 7) is 4.43. The van der Waals surface area contributed by atoms with Crippen molar-refractivity contribution in [2.75, 3.05) is 13.7 Å². The lowest BCUT2D eigenvalue weighted by Gasteiger charge is -2.39. The van der Waals surface area contributed by atoms with Crippen molar-refractivity contribution in [2.24, 2.45) is 0 Å². The van der Waals surface area contributed by atoms with E-state index in [-0.39, 0.29) is 12.0 Å². The van der Waals surface area contributed by atoms with Gasteiger partial charge >= 0.3 is 12.3 Å². The molecule has 37 heavy (non-hydrogen) atoms. The number of carbonyl (C=O) groups excluding carboxylic acids is 1. The van der Waals surface area contributed by atoms with Crippen molar-refractivity contribution in [2.45, 2.75) is 76.5 Å². The molecule has 206 valence electrons. The molecular formula is C24H31F3N2O8. The number of aliphatic hydroxyl groups excluding tert-OH is 3. The zero-order chi connectivity index (χ0) is 27.5. The number of alkyl halides is 3. The molecular weight excluding hydrogens is 501 g/mol. The van der Waals surface area contributed by atoms with Crippen LogP contribution in [0.15, 0.2) is 24.3 Å². The quantitative estimate of drug-likeness (QED) is 0.439. The number of benzene rings is 1. The number of hydrogen-bond acceptors (Lipinski definition) is 9. The Morgan fingerprint density at radius 1 is 1.11 bits per heavy atom. The van der Waals surface area contributed by atoms with Gasteiger partial charge in [-0.2, -0.15) is 13.2 Å². The summed E-state index contributed by atoms with van der Waals surface area (Å²) in [5.74, 6) is -0.458. The molecule has 0 amide bonds. The largest absolute Gasteiger partial charge is 0.508 e. The molecule has 1 aromatic carbocycles. The van der Waals surface area contributed by atoms with Crippen LogP contribution in [0.25, 0.3) is 0 Å². The molecule has 1 aliphatic heterocycles. The number of hydrogen-bond donors (Lipinski definition) is 3. The molecule has 3 N–H and O–H groups in total. The molecule has 0 unspecified atom stereocenters. The molecule has 0 aliphatic carbocycles. The normalized spacial score (nSPS) is 24.2.